The molecule has 0 amide bonds. The van der Waals surface area contributed by atoms with E-state index < -0.39 is 11.8 Å². The van der Waals surface area contributed by atoms with E-state index in [9.17, 15) is 13.2 Å². The van der Waals surface area contributed by atoms with Crippen molar-refractivity contribution in [3.05, 3.63) is 0 Å². The van der Waals surface area contributed by atoms with Gasteiger partial charge in [0.1, 0.15) is 0 Å². The van der Waals surface area contributed by atoms with Gasteiger partial charge in [0, 0.05) is 6.54 Å². The molecule has 0 saturated heterocycles. The van der Waals surface area contributed by atoms with Crippen molar-refractivity contribution in [1.82, 2.24) is 4.90 Å². The zero-order chi connectivity index (χ0) is 11.4. The minimum absolute atomic E-state index is 0.263. The zero-order valence-corrected chi connectivity index (χ0v) is 8.86. The molecule has 1 atom stereocenters. The van der Waals surface area contributed by atoms with E-state index in [2.05, 4.69) is 0 Å². The molecule has 0 bridgehead atoms. The van der Waals surface area contributed by atoms with Crippen LogP contribution < -0.4 is 0 Å². The van der Waals surface area contributed by atoms with Crippen LogP contribution in [0.4, 0.5) is 13.2 Å². The molecule has 1 unspecified atom stereocenters. The second-order valence-corrected chi connectivity index (χ2v) is 3.55. The fourth-order valence-electron chi connectivity index (χ4n) is 1.06. The van der Waals surface area contributed by atoms with Crippen molar-refractivity contribution in [2.75, 3.05) is 19.6 Å². The van der Waals surface area contributed by atoms with Gasteiger partial charge in [-0.3, -0.25) is 0 Å². The summed E-state index contributed by atoms with van der Waals surface area (Å²) in [7, 11) is 0. The van der Waals surface area contributed by atoms with Crippen LogP contribution in [0.25, 0.3) is 0 Å². The summed E-state index contributed by atoms with van der Waals surface area (Å²) < 4.78 is 36.7. The molecule has 0 fully saturated rings. The predicted octanol–water partition coefficient (Wildman–Crippen LogP) is 2.03. The average molecular weight is 213 g/mol. The van der Waals surface area contributed by atoms with Gasteiger partial charge in [-0.1, -0.05) is 13.8 Å². The molecule has 2 nitrogen and oxygen atoms in total. The lowest BCUT2D eigenvalue weighted by molar-refractivity contribution is -0.255. The average Bonchev–Trinajstić information content (AvgIpc) is 2.04. The smallest absolute Gasteiger partial charge is 0.381 e. The molecule has 0 aliphatic heterocycles. The van der Waals surface area contributed by atoms with Gasteiger partial charge in [0.2, 0.25) is 0 Å². The van der Waals surface area contributed by atoms with Gasteiger partial charge in [0.15, 0.2) is 5.60 Å². The molecule has 0 heterocycles. The highest BCUT2D eigenvalue weighted by Crippen LogP contribution is 2.32. The van der Waals surface area contributed by atoms with E-state index >= 15 is 0 Å². The quantitative estimate of drug-likeness (QED) is 0.755. The lowest BCUT2D eigenvalue weighted by Crippen LogP contribution is -2.44. The summed E-state index contributed by atoms with van der Waals surface area (Å²) in [6.45, 7) is 6.24. The third-order valence-corrected chi connectivity index (χ3v) is 2.42. The van der Waals surface area contributed by atoms with E-state index in [0.29, 0.717) is 13.1 Å². The van der Waals surface area contributed by atoms with E-state index in [1.807, 2.05) is 18.7 Å². The van der Waals surface area contributed by atoms with Crippen LogP contribution in [-0.4, -0.2) is 41.4 Å². The number of aliphatic hydroxyl groups is 1. The molecule has 0 aromatic carbocycles. The van der Waals surface area contributed by atoms with Gasteiger partial charge in [-0.05, 0) is 26.4 Å². The Morgan fingerprint density at radius 1 is 1.14 bits per heavy atom. The minimum Gasteiger partial charge on any atom is -0.381 e. The Hall–Kier alpha value is -0.290. The Morgan fingerprint density at radius 2 is 1.57 bits per heavy atom. The topological polar surface area (TPSA) is 23.5 Å². The molecule has 0 radical (unpaired) electrons. The molecule has 86 valence electrons. The highest BCUT2D eigenvalue weighted by molar-refractivity contribution is 4.82. The molecule has 0 rings (SSSR count). The van der Waals surface area contributed by atoms with Gasteiger partial charge in [0.05, 0.1) is 0 Å². The number of hydrogen-bond acceptors (Lipinski definition) is 2. The second kappa shape index (κ2) is 4.98. The third kappa shape index (κ3) is 3.84. The Balaban J connectivity index is 4.11. The van der Waals surface area contributed by atoms with Crippen molar-refractivity contribution in [3.63, 3.8) is 0 Å². The van der Waals surface area contributed by atoms with E-state index in [1.165, 1.54) is 0 Å². The van der Waals surface area contributed by atoms with Crippen LogP contribution in [0.3, 0.4) is 0 Å². The fraction of sp³-hybridized carbons (Fsp3) is 1.00. The molecule has 0 aromatic heterocycles. The molecule has 14 heavy (non-hydrogen) atoms. The first-order valence-electron chi connectivity index (χ1n) is 4.76. The van der Waals surface area contributed by atoms with Gasteiger partial charge in [-0.2, -0.15) is 13.2 Å². The molecular weight excluding hydrogens is 195 g/mol. The molecular formula is C9H18F3NO. The summed E-state index contributed by atoms with van der Waals surface area (Å²) in [6.07, 6.45) is -4.82. The van der Waals surface area contributed by atoms with Gasteiger partial charge in [-0.25, -0.2) is 0 Å². The highest BCUT2D eigenvalue weighted by atomic mass is 19.4. The summed E-state index contributed by atoms with van der Waals surface area (Å²) in [5.41, 5.74) is -2.57. The lowest BCUT2D eigenvalue weighted by Gasteiger charge is -2.29. The first kappa shape index (κ1) is 13.7. The molecule has 0 spiro atoms. The summed E-state index contributed by atoms with van der Waals surface area (Å²) in [4.78, 5) is 1.85. The number of rotatable bonds is 5. The largest absolute Gasteiger partial charge is 0.416 e. The van der Waals surface area contributed by atoms with Crippen LogP contribution in [0.1, 0.15) is 27.2 Å². The van der Waals surface area contributed by atoms with Crippen LogP contribution >= 0.6 is 0 Å². The Bertz CT molecular complexity index is 164. The van der Waals surface area contributed by atoms with Crippen molar-refractivity contribution in [3.8, 4) is 0 Å². The maximum Gasteiger partial charge on any atom is 0.416 e. The summed E-state index contributed by atoms with van der Waals surface area (Å²) >= 11 is 0. The zero-order valence-electron chi connectivity index (χ0n) is 8.86. The van der Waals surface area contributed by atoms with Crippen molar-refractivity contribution < 1.29 is 18.3 Å². The van der Waals surface area contributed by atoms with Gasteiger partial charge >= 0.3 is 6.18 Å². The van der Waals surface area contributed by atoms with Gasteiger partial charge in [-0.15, -0.1) is 0 Å². The van der Waals surface area contributed by atoms with Crippen LogP contribution in [-0.2, 0) is 0 Å². The molecule has 1 N–H and O–H groups in total. The standard InChI is InChI=1S/C9H18F3NO/c1-4-13(5-2)7-6-8(3,14)9(10,11)12/h14H,4-7H2,1-3H3. The molecule has 5 heteroatoms. The monoisotopic (exact) mass is 213 g/mol. The van der Waals surface area contributed by atoms with Crippen molar-refractivity contribution in [1.29, 1.82) is 0 Å². The Morgan fingerprint density at radius 3 is 1.86 bits per heavy atom. The molecule has 0 aliphatic rings. The maximum absolute atomic E-state index is 12.2. The van der Waals surface area contributed by atoms with Gasteiger partial charge < -0.3 is 10.0 Å². The van der Waals surface area contributed by atoms with Crippen molar-refractivity contribution in [2.45, 2.75) is 39.0 Å². The van der Waals surface area contributed by atoms with Crippen LogP contribution in [0.5, 0.6) is 0 Å². The first-order chi connectivity index (χ1) is 6.24. The highest BCUT2D eigenvalue weighted by Gasteiger charge is 2.49. The van der Waals surface area contributed by atoms with Crippen molar-refractivity contribution in [2.24, 2.45) is 0 Å². The summed E-state index contributed by atoms with van der Waals surface area (Å²) in [5, 5.41) is 9.14. The van der Waals surface area contributed by atoms with Crippen LogP contribution in [0, 0.1) is 0 Å². The van der Waals surface area contributed by atoms with E-state index in [1.54, 1.807) is 0 Å². The SMILES string of the molecule is CCN(CC)CCC(C)(O)C(F)(F)F. The normalized spacial score (nSPS) is 17.1. The molecule has 0 aliphatic carbocycles. The predicted molar refractivity (Wildman–Crippen MR) is 49.1 cm³/mol. The van der Waals surface area contributed by atoms with E-state index in [4.69, 9.17) is 5.11 Å². The molecule has 0 saturated carbocycles. The summed E-state index contributed by atoms with van der Waals surface area (Å²) in [6, 6.07) is 0. The summed E-state index contributed by atoms with van der Waals surface area (Å²) in [5.74, 6) is 0. The first-order valence-corrected chi connectivity index (χ1v) is 4.76. The van der Waals surface area contributed by atoms with E-state index in [0.717, 1.165) is 6.92 Å². The van der Waals surface area contributed by atoms with Crippen LogP contribution in [0.15, 0.2) is 0 Å². The molecule has 0 aromatic rings. The van der Waals surface area contributed by atoms with E-state index in [-0.39, 0.29) is 13.0 Å². The van der Waals surface area contributed by atoms with Gasteiger partial charge in [0.25, 0.3) is 0 Å². The minimum atomic E-state index is -4.54. The van der Waals surface area contributed by atoms with Crippen LogP contribution in [0.2, 0.25) is 0 Å². The van der Waals surface area contributed by atoms with Crippen molar-refractivity contribution >= 4 is 0 Å². The Labute approximate surface area is 82.7 Å². The fourth-order valence-corrected chi connectivity index (χ4v) is 1.06. The third-order valence-electron chi connectivity index (χ3n) is 2.42. The Kier molecular flexibility index (Phi) is 4.88. The number of nitrogens with zero attached hydrogens (tertiary/aromatic N) is 1. The number of halogens is 3. The number of alkyl halides is 3. The second-order valence-electron chi connectivity index (χ2n) is 3.55. The maximum atomic E-state index is 12.2. The number of hydrogen-bond donors (Lipinski definition) is 1. The lowest BCUT2D eigenvalue weighted by atomic mass is 10.0.